The van der Waals surface area contributed by atoms with Crippen LogP contribution in [-0.4, -0.2) is 23.2 Å². The van der Waals surface area contributed by atoms with Crippen LogP contribution < -0.4 is 10.1 Å². The Labute approximate surface area is 112 Å². The molecule has 3 nitrogen and oxygen atoms in total. The second kappa shape index (κ2) is 6.05. The third-order valence-electron chi connectivity index (χ3n) is 3.11. The van der Waals surface area contributed by atoms with Crippen molar-refractivity contribution in [1.29, 1.82) is 0 Å². The Balaban J connectivity index is 0.000000640. The molecule has 1 aromatic rings. The lowest BCUT2D eigenvalue weighted by Crippen LogP contribution is -2.42. The van der Waals surface area contributed by atoms with Crippen molar-refractivity contribution in [2.75, 3.05) is 0 Å². The summed E-state index contributed by atoms with van der Waals surface area (Å²) in [5.41, 5.74) is 0. The third-order valence-corrected chi connectivity index (χ3v) is 3.77. The van der Waals surface area contributed by atoms with E-state index in [1.807, 2.05) is 5.38 Å². The van der Waals surface area contributed by atoms with Crippen LogP contribution >= 0.6 is 36.2 Å². The van der Waals surface area contributed by atoms with E-state index in [1.54, 1.807) is 17.5 Å². The zero-order valence-electron chi connectivity index (χ0n) is 8.80. The number of halogens is 2. The van der Waals surface area contributed by atoms with Gasteiger partial charge in [0, 0.05) is 23.7 Å². The van der Waals surface area contributed by atoms with Gasteiger partial charge in [-0.05, 0) is 25.7 Å². The van der Waals surface area contributed by atoms with E-state index in [4.69, 9.17) is 4.74 Å². The fraction of sp³-hybridized carbons (Fsp3) is 0.700. The summed E-state index contributed by atoms with van der Waals surface area (Å²) < 4.78 is 5.84. The molecular weight excluding hydrogens is 267 g/mol. The van der Waals surface area contributed by atoms with Gasteiger partial charge in [0.15, 0.2) is 0 Å². The van der Waals surface area contributed by atoms with Crippen LogP contribution in [0.25, 0.3) is 0 Å². The van der Waals surface area contributed by atoms with Crippen LogP contribution in [0.1, 0.15) is 25.7 Å². The molecule has 3 heterocycles. The van der Waals surface area contributed by atoms with E-state index in [2.05, 4.69) is 10.3 Å². The van der Waals surface area contributed by atoms with Crippen molar-refractivity contribution in [2.24, 2.45) is 0 Å². The second-order valence-electron chi connectivity index (χ2n) is 4.15. The molecule has 0 amide bonds. The van der Waals surface area contributed by atoms with Gasteiger partial charge in [-0.25, -0.2) is 4.98 Å². The molecule has 6 heteroatoms. The second-order valence-corrected chi connectivity index (χ2v) is 5.00. The number of nitrogens with one attached hydrogen (secondary N) is 1. The van der Waals surface area contributed by atoms with Crippen molar-refractivity contribution in [3.05, 3.63) is 11.6 Å². The predicted octanol–water partition coefficient (Wildman–Crippen LogP) is 2.65. The summed E-state index contributed by atoms with van der Waals surface area (Å²) in [5.74, 6) is 0. The van der Waals surface area contributed by atoms with Crippen LogP contribution in [-0.2, 0) is 0 Å². The predicted molar refractivity (Wildman–Crippen MR) is 70.2 cm³/mol. The lowest BCUT2D eigenvalue weighted by Gasteiger charge is -2.28. The van der Waals surface area contributed by atoms with Gasteiger partial charge < -0.3 is 10.1 Å². The minimum atomic E-state index is 0. The molecule has 1 aromatic heterocycles. The smallest absolute Gasteiger partial charge is 0.273 e. The standard InChI is InChI=1S/C10H14N2OS.2ClH/c1-2-8-6-9(5-7(1)12-8)13-10-11-3-4-14-10;;/h3-4,7-9,12H,1-2,5-6H2;2*1H/t7-,8+,9?;;. The van der Waals surface area contributed by atoms with Gasteiger partial charge in [-0.3, -0.25) is 0 Å². The first-order valence-corrected chi connectivity index (χ1v) is 6.10. The summed E-state index contributed by atoms with van der Waals surface area (Å²) >= 11 is 1.59. The highest BCUT2D eigenvalue weighted by atomic mass is 35.5. The Morgan fingerprint density at radius 2 is 1.94 bits per heavy atom. The van der Waals surface area contributed by atoms with E-state index in [0.717, 1.165) is 18.0 Å². The summed E-state index contributed by atoms with van der Waals surface area (Å²) in [7, 11) is 0. The molecule has 2 aliphatic rings. The average Bonchev–Trinajstić information content (AvgIpc) is 2.77. The Bertz CT molecular complexity index is 298. The highest BCUT2D eigenvalue weighted by molar-refractivity contribution is 7.11. The van der Waals surface area contributed by atoms with Crippen molar-refractivity contribution < 1.29 is 4.74 Å². The van der Waals surface area contributed by atoms with Crippen LogP contribution in [0.5, 0.6) is 5.19 Å². The van der Waals surface area contributed by atoms with Gasteiger partial charge in [0.25, 0.3) is 5.19 Å². The van der Waals surface area contributed by atoms with Crippen LogP contribution in [0.4, 0.5) is 0 Å². The molecule has 2 bridgehead atoms. The Morgan fingerprint density at radius 1 is 1.25 bits per heavy atom. The van der Waals surface area contributed by atoms with Crippen LogP contribution in [0.15, 0.2) is 11.6 Å². The van der Waals surface area contributed by atoms with Crippen LogP contribution in [0, 0.1) is 0 Å². The number of hydrogen-bond donors (Lipinski definition) is 1. The van der Waals surface area contributed by atoms with Gasteiger partial charge in [0.1, 0.15) is 6.10 Å². The number of rotatable bonds is 2. The molecular formula is C10H16Cl2N2OS. The first-order valence-electron chi connectivity index (χ1n) is 5.22. The number of aromatic nitrogens is 1. The molecule has 92 valence electrons. The van der Waals surface area contributed by atoms with E-state index in [0.29, 0.717) is 18.2 Å². The minimum Gasteiger partial charge on any atom is -0.467 e. The number of nitrogens with zero attached hydrogens (tertiary/aromatic N) is 1. The Hall–Kier alpha value is -0.0300. The highest BCUT2D eigenvalue weighted by Gasteiger charge is 2.34. The first kappa shape index (κ1) is 14.0. The molecule has 2 saturated heterocycles. The summed E-state index contributed by atoms with van der Waals surface area (Å²) in [6.45, 7) is 0. The van der Waals surface area contributed by atoms with Crippen molar-refractivity contribution in [3.8, 4) is 5.19 Å². The fourth-order valence-electron chi connectivity index (χ4n) is 2.51. The zero-order chi connectivity index (χ0) is 9.38. The van der Waals surface area contributed by atoms with Crippen molar-refractivity contribution in [3.63, 3.8) is 0 Å². The van der Waals surface area contributed by atoms with E-state index in [9.17, 15) is 0 Å². The molecule has 0 aliphatic carbocycles. The number of thiazole rings is 1. The Kier molecular flexibility index (Phi) is 5.31. The highest BCUT2D eigenvalue weighted by Crippen LogP contribution is 2.29. The SMILES string of the molecule is Cl.Cl.c1csc(OC2C[C@H]3CC[C@@H](C2)N3)n1. The molecule has 2 aliphatic heterocycles. The topological polar surface area (TPSA) is 34.1 Å². The largest absolute Gasteiger partial charge is 0.467 e. The summed E-state index contributed by atoms with van der Waals surface area (Å²) in [6, 6.07) is 1.39. The van der Waals surface area contributed by atoms with E-state index >= 15 is 0 Å². The van der Waals surface area contributed by atoms with Gasteiger partial charge in [-0.15, -0.1) is 24.8 Å². The monoisotopic (exact) mass is 282 g/mol. The van der Waals surface area contributed by atoms with Gasteiger partial charge >= 0.3 is 0 Å². The first-order chi connectivity index (χ1) is 6.90. The van der Waals surface area contributed by atoms with E-state index in [-0.39, 0.29) is 24.8 Å². The summed E-state index contributed by atoms with van der Waals surface area (Å²) in [6.07, 6.45) is 7.13. The molecule has 0 radical (unpaired) electrons. The lowest BCUT2D eigenvalue weighted by molar-refractivity contribution is 0.137. The summed E-state index contributed by atoms with van der Waals surface area (Å²) in [4.78, 5) is 4.16. The van der Waals surface area contributed by atoms with Gasteiger partial charge in [-0.1, -0.05) is 11.3 Å². The quantitative estimate of drug-likeness (QED) is 0.906. The maximum absolute atomic E-state index is 5.84. The van der Waals surface area contributed by atoms with Crippen LogP contribution in [0.3, 0.4) is 0 Å². The fourth-order valence-corrected chi connectivity index (χ4v) is 3.06. The molecule has 3 atom stereocenters. The molecule has 1 N–H and O–H groups in total. The van der Waals surface area contributed by atoms with Crippen molar-refractivity contribution in [2.45, 2.75) is 43.9 Å². The average molecular weight is 283 g/mol. The Morgan fingerprint density at radius 3 is 2.50 bits per heavy atom. The van der Waals surface area contributed by atoms with Crippen molar-refractivity contribution in [1.82, 2.24) is 10.3 Å². The normalized spacial score (nSPS) is 31.4. The molecule has 3 rings (SSSR count). The van der Waals surface area contributed by atoms with E-state index in [1.165, 1.54) is 12.8 Å². The maximum Gasteiger partial charge on any atom is 0.273 e. The van der Waals surface area contributed by atoms with Crippen LogP contribution in [0.2, 0.25) is 0 Å². The maximum atomic E-state index is 5.84. The molecule has 0 spiro atoms. The molecule has 1 unspecified atom stereocenters. The van der Waals surface area contributed by atoms with Crippen molar-refractivity contribution >= 4 is 36.2 Å². The molecule has 2 fully saturated rings. The zero-order valence-corrected chi connectivity index (χ0v) is 11.2. The number of ether oxygens (including phenoxy) is 1. The van der Waals surface area contributed by atoms with Gasteiger partial charge in [-0.2, -0.15) is 0 Å². The van der Waals surface area contributed by atoms with Gasteiger partial charge in [0.05, 0.1) is 0 Å². The number of piperidine rings is 1. The molecule has 0 aromatic carbocycles. The molecule has 0 saturated carbocycles. The number of fused-ring (bicyclic) bond motifs is 2. The van der Waals surface area contributed by atoms with E-state index < -0.39 is 0 Å². The number of hydrogen-bond acceptors (Lipinski definition) is 4. The summed E-state index contributed by atoms with van der Waals surface area (Å²) in [5, 5.41) is 6.40. The minimum absolute atomic E-state index is 0. The third kappa shape index (κ3) is 3.00. The van der Waals surface area contributed by atoms with Gasteiger partial charge in [0.2, 0.25) is 0 Å². The molecule has 16 heavy (non-hydrogen) atoms. The lowest BCUT2D eigenvalue weighted by atomic mass is 10.0.